The van der Waals surface area contributed by atoms with E-state index in [0.29, 0.717) is 0 Å². The predicted octanol–water partition coefficient (Wildman–Crippen LogP) is 2.16. The number of aliphatic hydroxyl groups is 1. The van der Waals surface area contributed by atoms with Crippen molar-refractivity contribution in [2.24, 2.45) is 0 Å². The van der Waals surface area contributed by atoms with Crippen LogP contribution in [0.3, 0.4) is 0 Å². The molecule has 0 amide bonds. The fraction of sp³-hybridized carbons (Fsp3) is 1.00. The van der Waals surface area contributed by atoms with Gasteiger partial charge in [0, 0.05) is 0 Å². The van der Waals surface area contributed by atoms with Gasteiger partial charge in [-0.3, -0.25) is 0 Å². The molecule has 0 aliphatic heterocycles. The van der Waals surface area contributed by atoms with Gasteiger partial charge >= 0.3 is 0 Å². The molecule has 0 saturated heterocycles. The summed E-state index contributed by atoms with van der Waals surface area (Å²) in [5.41, 5.74) is 0. The number of hydrogen-bond donors (Lipinski definition) is 1. The van der Waals surface area contributed by atoms with Crippen molar-refractivity contribution >= 4 is 23.5 Å². The Morgan fingerprint density at radius 2 is 1.78 bits per heavy atom. The van der Waals surface area contributed by atoms with E-state index < -0.39 is 4.27 Å². The molecule has 0 aliphatic carbocycles. The van der Waals surface area contributed by atoms with Crippen molar-refractivity contribution in [3.8, 4) is 0 Å². The molecule has 0 aromatic carbocycles. The summed E-state index contributed by atoms with van der Waals surface area (Å²) in [6, 6.07) is 0. The summed E-state index contributed by atoms with van der Waals surface area (Å²) in [6.45, 7) is 2.08. The minimum absolute atomic E-state index is 0.533. The molecule has 0 fully saturated rings. The SMILES string of the molecule is CCCC(O)(SC)SC. The van der Waals surface area contributed by atoms with Crippen molar-refractivity contribution in [2.75, 3.05) is 12.5 Å². The van der Waals surface area contributed by atoms with E-state index in [2.05, 4.69) is 6.92 Å². The highest BCUT2D eigenvalue weighted by Crippen LogP contribution is 2.34. The lowest BCUT2D eigenvalue weighted by Crippen LogP contribution is -2.17. The highest BCUT2D eigenvalue weighted by atomic mass is 32.2. The molecule has 0 heterocycles. The van der Waals surface area contributed by atoms with Crippen LogP contribution in [-0.2, 0) is 0 Å². The van der Waals surface area contributed by atoms with Crippen LogP contribution in [0.1, 0.15) is 19.8 Å². The van der Waals surface area contributed by atoms with Gasteiger partial charge in [0.15, 0.2) is 4.27 Å². The Kier molecular flexibility index (Phi) is 4.80. The zero-order valence-electron chi connectivity index (χ0n) is 6.18. The van der Waals surface area contributed by atoms with Gasteiger partial charge in [0.1, 0.15) is 0 Å². The third-order valence-corrected chi connectivity index (χ3v) is 3.89. The normalized spacial score (nSPS) is 12.0. The Hall–Kier alpha value is 0.660. The molecule has 0 aliphatic rings. The summed E-state index contributed by atoms with van der Waals surface area (Å²) < 4.78 is -0.533. The van der Waals surface area contributed by atoms with Gasteiger partial charge in [0.25, 0.3) is 0 Å². The molecule has 0 saturated carbocycles. The maximum atomic E-state index is 9.55. The average molecular weight is 166 g/mol. The monoisotopic (exact) mass is 166 g/mol. The lowest BCUT2D eigenvalue weighted by atomic mass is 10.3. The van der Waals surface area contributed by atoms with Gasteiger partial charge in [0.05, 0.1) is 0 Å². The van der Waals surface area contributed by atoms with Gasteiger partial charge in [0.2, 0.25) is 0 Å². The Bertz CT molecular complexity index is 71.5. The van der Waals surface area contributed by atoms with Crippen LogP contribution in [-0.4, -0.2) is 21.9 Å². The number of rotatable bonds is 4. The fourth-order valence-corrected chi connectivity index (χ4v) is 2.09. The highest BCUT2D eigenvalue weighted by Gasteiger charge is 2.21. The van der Waals surface area contributed by atoms with E-state index in [9.17, 15) is 5.11 Å². The second-order valence-electron chi connectivity index (χ2n) is 1.87. The molecule has 3 heteroatoms. The van der Waals surface area contributed by atoms with E-state index in [-0.39, 0.29) is 0 Å². The van der Waals surface area contributed by atoms with Crippen LogP contribution in [0.15, 0.2) is 0 Å². The molecule has 0 aromatic rings. The van der Waals surface area contributed by atoms with Gasteiger partial charge in [-0.05, 0) is 18.9 Å². The molecule has 0 radical (unpaired) electrons. The van der Waals surface area contributed by atoms with E-state index in [1.807, 2.05) is 12.5 Å². The Morgan fingerprint density at radius 3 is 1.89 bits per heavy atom. The van der Waals surface area contributed by atoms with E-state index >= 15 is 0 Å². The first kappa shape index (κ1) is 9.66. The van der Waals surface area contributed by atoms with Gasteiger partial charge in [-0.1, -0.05) is 13.3 Å². The standard InChI is InChI=1S/C6H14OS2/c1-4-5-6(7,8-2)9-3/h7H,4-5H2,1-3H3. The van der Waals surface area contributed by atoms with Crippen molar-refractivity contribution in [1.29, 1.82) is 0 Å². The maximum absolute atomic E-state index is 9.55. The average Bonchev–Trinajstić information content (AvgIpc) is 1.89. The Balaban J connectivity index is 3.62. The summed E-state index contributed by atoms with van der Waals surface area (Å²) in [6.07, 6.45) is 5.78. The third kappa shape index (κ3) is 3.38. The van der Waals surface area contributed by atoms with Crippen LogP contribution in [0.5, 0.6) is 0 Å². The molecular formula is C6H14OS2. The van der Waals surface area contributed by atoms with Crippen molar-refractivity contribution in [3.05, 3.63) is 0 Å². The van der Waals surface area contributed by atoms with E-state index in [1.54, 1.807) is 0 Å². The smallest absolute Gasteiger partial charge is 0.156 e. The first-order valence-corrected chi connectivity index (χ1v) is 5.46. The maximum Gasteiger partial charge on any atom is 0.156 e. The van der Waals surface area contributed by atoms with Crippen LogP contribution in [0, 0.1) is 0 Å². The van der Waals surface area contributed by atoms with Gasteiger partial charge in [-0.2, -0.15) is 0 Å². The van der Waals surface area contributed by atoms with E-state index in [0.717, 1.165) is 12.8 Å². The summed E-state index contributed by atoms with van der Waals surface area (Å²) in [5, 5.41) is 9.55. The second-order valence-corrected chi connectivity index (χ2v) is 4.30. The van der Waals surface area contributed by atoms with Crippen molar-refractivity contribution in [1.82, 2.24) is 0 Å². The number of hydrogen-bond acceptors (Lipinski definition) is 3. The van der Waals surface area contributed by atoms with Crippen molar-refractivity contribution in [2.45, 2.75) is 24.0 Å². The third-order valence-electron chi connectivity index (χ3n) is 1.20. The van der Waals surface area contributed by atoms with Gasteiger partial charge in [-0.25, -0.2) is 0 Å². The Morgan fingerprint density at radius 1 is 1.33 bits per heavy atom. The lowest BCUT2D eigenvalue weighted by Gasteiger charge is -2.22. The molecule has 1 nitrogen and oxygen atoms in total. The molecule has 0 atom stereocenters. The molecule has 0 unspecified atom stereocenters. The molecule has 1 N–H and O–H groups in total. The van der Waals surface area contributed by atoms with Crippen LogP contribution < -0.4 is 0 Å². The molecule has 0 bridgehead atoms. The topological polar surface area (TPSA) is 20.2 Å². The first-order valence-electron chi connectivity index (χ1n) is 3.01. The lowest BCUT2D eigenvalue weighted by molar-refractivity contribution is 0.219. The number of thioether (sulfide) groups is 2. The van der Waals surface area contributed by atoms with E-state index in [4.69, 9.17) is 0 Å². The van der Waals surface area contributed by atoms with Crippen LogP contribution in [0.2, 0.25) is 0 Å². The highest BCUT2D eigenvalue weighted by molar-refractivity contribution is 8.17. The molecule has 9 heavy (non-hydrogen) atoms. The predicted molar refractivity (Wildman–Crippen MR) is 46.9 cm³/mol. The summed E-state index contributed by atoms with van der Waals surface area (Å²) in [5.74, 6) is 0. The summed E-state index contributed by atoms with van der Waals surface area (Å²) in [7, 11) is 0. The quantitative estimate of drug-likeness (QED) is 0.646. The Labute approximate surface area is 65.6 Å². The molecule has 0 aromatic heterocycles. The fourth-order valence-electron chi connectivity index (χ4n) is 0.603. The molecular weight excluding hydrogens is 152 g/mol. The minimum Gasteiger partial charge on any atom is -0.370 e. The van der Waals surface area contributed by atoms with Gasteiger partial charge < -0.3 is 5.11 Å². The largest absolute Gasteiger partial charge is 0.370 e. The van der Waals surface area contributed by atoms with Gasteiger partial charge in [-0.15, -0.1) is 23.5 Å². The zero-order chi connectivity index (χ0) is 7.33. The van der Waals surface area contributed by atoms with Crippen molar-refractivity contribution < 1.29 is 5.11 Å². The van der Waals surface area contributed by atoms with Crippen molar-refractivity contribution in [3.63, 3.8) is 0 Å². The van der Waals surface area contributed by atoms with E-state index in [1.165, 1.54) is 23.5 Å². The first-order chi connectivity index (χ1) is 4.18. The summed E-state index contributed by atoms with van der Waals surface area (Å²) in [4.78, 5) is 0. The molecule has 0 spiro atoms. The second kappa shape index (κ2) is 4.47. The zero-order valence-corrected chi connectivity index (χ0v) is 7.81. The van der Waals surface area contributed by atoms with Crippen LogP contribution in [0.25, 0.3) is 0 Å². The van der Waals surface area contributed by atoms with Crippen LogP contribution >= 0.6 is 23.5 Å². The molecule has 0 rings (SSSR count). The summed E-state index contributed by atoms with van der Waals surface area (Å²) >= 11 is 3.03. The van der Waals surface area contributed by atoms with Crippen LogP contribution in [0.4, 0.5) is 0 Å². The minimum atomic E-state index is -0.533. The molecule has 56 valence electrons.